The third-order valence-electron chi connectivity index (χ3n) is 2.59. The molecule has 0 aliphatic carbocycles. The molecule has 0 bridgehead atoms. The molecule has 0 heterocycles. The fourth-order valence-corrected chi connectivity index (χ4v) is 2.63. The predicted molar refractivity (Wildman–Crippen MR) is 76.9 cm³/mol. The molecule has 0 atom stereocenters. The van der Waals surface area contributed by atoms with Gasteiger partial charge < -0.3 is 0 Å². The normalized spacial score (nSPS) is 11.8. The van der Waals surface area contributed by atoms with E-state index in [9.17, 15) is 13.2 Å². The lowest BCUT2D eigenvalue weighted by atomic mass is 9.99. The van der Waals surface area contributed by atoms with E-state index in [0.29, 0.717) is 0 Å². The Morgan fingerprint density at radius 3 is 1.85 bits per heavy atom. The maximum absolute atomic E-state index is 13.0. The van der Waals surface area contributed by atoms with E-state index >= 15 is 0 Å². The van der Waals surface area contributed by atoms with Crippen LogP contribution < -0.4 is 0 Å². The summed E-state index contributed by atoms with van der Waals surface area (Å²) >= 11 is 23.4. The average molecular weight is 360 g/mol. The molecule has 20 heavy (non-hydrogen) atoms. The number of alkyl halides is 3. The minimum atomic E-state index is -4.54. The molecular weight excluding hydrogens is 355 g/mol. The monoisotopic (exact) mass is 358 g/mol. The van der Waals surface area contributed by atoms with Gasteiger partial charge in [0.05, 0.1) is 20.6 Å². The zero-order valence-corrected chi connectivity index (χ0v) is 12.6. The maximum atomic E-state index is 13.0. The molecule has 0 radical (unpaired) electrons. The fraction of sp³-hybridized carbons (Fsp3) is 0.0769. The number of benzene rings is 2. The lowest BCUT2D eigenvalue weighted by Gasteiger charge is -2.15. The van der Waals surface area contributed by atoms with Crippen molar-refractivity contribution in [2.45, 2.75) is 6.18 Å². The summed E-state index contributed by atoms with van der Waals surface area (Å²) in [5.41, 5.74) is -0.885. The Morgan fingerprint density at radius 2 is 1.35 bits per heavy atom. The van der Waals surface area contributed by atoms with Crippen molar-refractivity contribution in [3.63, 3.8) is 0 Å². The van der Waals surface area contributed by atoms with Crippen LogP contribution in [0.5, 0.6) is 0 Å². The van der Waals surface area contributed by atoms with Crippen molar-refractivity contribution in [3.05, 3.63) is 56.0 Å². The van der Waals surface area contributed by atoms with Crippen LogP contribution in [-0.2, 0) is 6.18 Å². The van der Waals surface area contributed by atoms with E-state index in [1.54, 1.807) is 0 Å². The van der Waals surface area contributed by atoms with Gasteiger partial charge in [0.15, 0.2) is 0 Å². The van der Waals surface area contributed by atoms with E-state index in [2.05, 4.69) is 0 Å². The molecule has 0 aromatic heterocycles. The molecule has 0 saturated carbocycles. The van der Waals surface area contributed by atoms with Gasteiger partial charge in [-0.05, 0) is 29.8 Å². The van der Waals surface area contributed by atoms with Gasteiger partial charge in [-0.25, -0.2) is 0 Å². The second-order valence-electron chi connectivity index (χ2n) is 3.91. The Kier molecular flexibility index (Phi) is 4.45. The molecule has 0 amide bonds. The molecule has 0 aliphatic rings. The van der Waals surface area contributed by atoms with E-state index in [1.807, 2.05) is 0 Å². The second kappa shape index (κ2) is 5.64. The quantitative estimate of drug-likeness (QED) is 0.481. The third-order valence-corrected chi connectivity index (χ3v) is 4.10. The zero-order chi connectivity index (χ0) is 15.1. The van der Waals surface area contributed by atoms with Crippen LogP contribution in [0.4, 0.5) is 13.2 Å². The number of halogens is 7. The second-order valence-corrected chi connectivity index (χ2v) is 5.51. The zero-order valence-electron chi connectivity index (χ0n) is 9.53. The van der Waals surface area contributed by atoms with E-state index in [-0.39, 0.29) is 31.2 Å². The van der Waals surface area contributed by atoms with Crippen molar-refractivity contribution in [3.8, 4) is 11.1 Å². The Hall–Kier alpha value is -0.610. The van der Waals surface area contributed by atoms with Crippen LogP contribution in [0.1, 0.15) is 5.56 Å². The van der Waals surface area contributed by atoms with Crippen molar-refractivity contribution < 1.29 is 13.2 Å². The van der Waals surface area contributed by atoms with Crippen LogP contribution in [0.15, 0.2) is 30.3 Å². The summed E-state index contributed by atoms with van der Waals surface area (Å²) in [6.45, 7) is 0. The topological polar surface area (TPSA) is 0 Å². The lowest BCUT2D eigenvalue weighted by Crippen LogP contribution is -2.07. The molecule has 7 heteroatoms. The van der Waals surface area contributed by atoms with Crippen LogP contribution in [0.3, 0.4) is 0 Å². The highest BCUT2D eigenvalue weighted by atomic mass is 35.5. The Labute approximate surface area is 133 Å². The van der Waals surface area contributed by atoms with Gasteiger partial charge in [-0.15, -0.1) is 0 Å². The van der Waals surface area contributed by atoms with Crippen LogP contribution in [0, 0.1) is 0 Å². The summed E-state index contributed by atoms with van der Waals surface area (Å²) in [7, 11) is 0. The van der Waals surface area contributed by atoms with Gasteiger partial charge in [0.1, 0.15) is 0 Å². The van der Waals surface area contributed by atoms with E-state index in [0.717, 1.165) is 6.07 Å². The van der Waals surface area contributed by atoms with Gasteiger partial charge in [-0.2, -0.15) is 13.2 Å². The Balaban J connectivity index is 2.76. The standard InChI is InChI=1S/C13H5Cl4F3/c14-8-3-1-2-7(13(18,19)20)11(8)6-4-9(15)12(17)10(16)5-6/h1-5H. The molecule has 2 aromatic rings. The summed E-state index contributed by atoms with van der Waals surface area (Å²) in [5, 5.41) is 0.149. The molecule has 106 valence electrons. The lowest BCUT2D eigenvalue weighted by molar-refractivity contribution is -0.137. The van der Waals surface area contributed by atoms with Gasteiger partial charge in [-0.1, -0.05) is 52.5 Å². The van der Waals surface area contributed by atoms with Crippen LogP contribution >= 0.6 is 46.4 Å². The first-order chi connectivity index (χ1) is 9.21. The summed E-state index contributed by atoms with van der Waals surface area (Å²) in [4.78, 5) is 0. The number of hydrogen-bond donors (Lipinski definition) is 0. The van der Waals surface area contributed by atoms with E-state index < -0.39 is 11.7 Å². The van der Waals surface area contributed by atoms with Gasteiger partial charge in [0.25, 0.3) is 0 Å². The highest BCUT2D eigenvalue weighted by Crippen LogP contribution is 2.43. The van der Waals surface area contributed by atoms with Crippen molar-refractivity contribution >= 4 is 46.4 Å². The van der Waals surface area contributed by atoms with Crippen molar-refractivity contribution in [2.24, 2.45) is 0 Å². The summed E-state index contributed by atoms with van der Waals surface area (Å²) in [6, 6.07) is 6.13. The molecule has 0 nitrogen and oxygen atoms in total. The molecule has 2 aromatic carbocycles. The largest absolute Gasteiger partial charge is 0.417 e. The highest BCUT2D eigenvalue weighted by molar-refractivity contribution is 6.48. The summed E-state index contributed by atoms with van der Waals surface area (Å²) in [5.74, 6) is 0. The molecule has 0 fully saturated rings. The average Bonchev–Trinajstić information content (AvgIpc) is 2.34. The van der Waals surface area contributed by atoms with Gasteiger partial charge in [-0.3, -0.25) is 0 Å². The predicted octanol–water partition coefficient (Wildman–Crippen LogP) is 6.99. The van der Waals surface area contributed by atoms with Crippen molar-refractivity contribution in [1.29, 1.82) is 0 Å². The van der Waals surface area contributed by atoms with Gasteiger partial charge >= 0.3 is 6.18 Å². The van der Waals surface area contributed by atoms with Gasteiger partial charge in [0.2, 0.25) is 0 Å². The first-order valence-corrected chi connectivity index (χ1v) is 6.73. The SMILES string of the molecule is FC(F)(F)c1cccc(Cl)c1-c1cc(Cl)c(Cl)c(Cl)c1. The first kappa shape index (κ1) is 15.8. The van der Waals surface area contributed by atoms with Gasteiger partial charge in [0, 0.05) is 10.6 Å². The highest BCUT2D eigenvalue weighted by Gasteiger charge is 2.34. The van der Waals surface area contributed by atoms with Crippen LogP contribution in [0.2, 0.25) is 20.1 Å². The smallest absolute Gasteiger partial charge is 0.166 e. The van der Waals surface area contributed by atoms with E-state index in [1.165, 1.54) is 24.3 Å². The Morgan fingerprint density at radius 1 is 0.800 bits per heavy atom. The Bertz CT molecular complexity index is 642. The first-order valence-electron chi connectivity index (χ1n) is 5.22. The number of hydrogen-bond acceptors (Lipinski definition) is 0. The molecule has 0 unspecified atom stereocenters. The molecule has 2 rings (SSSR count). The minimum Gasteiger partial charge on any atom is -0.166 e. The molecular formula is C13H5Cl4F3. The maximum Gasteiger partial charge on any atom is 0.417 e. The van der Waals surface area contributed by atoms with Crippen molar-refractivity contribution in [1.82, 2.24) is 0 Å². The minimum absolute atomic E-state index is 0.0470. The number of rotatable bonds is 1. The van der Waals surface area contributed by atoms with Crippen LogP contribution in [-0.4, -0.2) is 0 Å². The molecule has 0 spiro atoms. The van der Waals surface area contributed by atoms with E-state index in [4.69, 9.17) is 46.4 Å². The molecule has 0 saturated heterocycles. The van der Waals surface area contributed by atoms with Crippen LogP contribution in [0.25, 0.3) is 11.1 Å². The van der Waals surface area contributed by atoms with Crippen molar-refractivity contribution in [2.75, 3.05) is 0 Å². The summed E-state index contributed by atoms with van der Waals surface area (Å²) in [6.07, 6.45) is -4.54. The molecule has 0 aliphatic heterocycles. The summed E-state index contributed by atoms with van der Waals surface area (Å²) < 4.78 is 39.1. The fourth-order valence-electron chi connectivity index (χ4n) is 1.75. The molecule has 0 N–H and O–H groups in total. The third kappa shape index (κ3) is 3.01.